The Hall–Kier alpha value is -2.37. The summed E-state index contributed by atoms with van der Waals surface area (Å²) in [6.07, 6.45) is 3.07. The minimum absolute atomic E-state index is 0.204. The summed E-state index contributed by atoms with van der Waals surface area (Å²) in [6.45, 7) is 1.87. The Morgan fingerprint density at radius 3 is 2.71 bits per heavy atom. The Kier molecular flexibility index (Phi) is 6.35. The molecule has 2 N–H and O–H groups in total. The molecule has 0 unspecified atom stereocenters. The van der Waals surface area contributed by atoms with Gasteiger partial charge in [0.25, 0.3) is 0 Å². The number of methoxy groups -OCH3 is 1. The molecular formula is C18H17ClN2O2S. The van der Waals surface area contributed by atoms with Crippen molar-refractivity contribution in [2.24, 2.45) is 0 Å². The first-order valence-corrected chi connectivity index (χ1v) is 7.98. The summed E-state index contributed by atoms with van der Waals surface area (Å²) in [5, 5.41) is 6.39. The van der Waals surface area contributed by atoms with Crippen molar-refractivity contribution in [1.29, 1.82) is 0 Å². The maximum atomic E-state index is 12.0. The molecule has 2 rings (SSSR count). The molecule has 2 aromatic rings. The van der Waals surface area contributed by atoms with E-state index in [1.165, 1.54) is 6.08 Å². The van der Waals surface area contributed by atoms with Crippen LogP contribution < -0.4 is 15.4 Å². The molecule has 0 atom stereocenters. The molecule has 0 fully saturated rings. The zero-order chi connectivity index (χ0) is 17.5. The van der Waals surface area contributed by atoms with Gasteiger partial charge in [0.05, 0.1) is 7.11 Å². The molecule has 1 amide bonds. The third-order valence-corrected chi connectivity index (χ3v) is 3.92. The van der Waals surface area contributed by atoms with E-state index in [4.69, 9.17) is 28.6 Å². The van der Waals surface area contributed by atoms with Gasteiger partial charge in [-0.2, -0.15) is 0 Å². The van der Waals surface area contributed by atoms with Gasteiger partial charge in [0.1, 0.15) is 5.75 Å². The molecule has 0 saturated heterocycles. The average molecular weight is 361 g/mol. The Morgan fingerprint density at radius 2 is 1.96 bits per heavy atom. The summed E-state index contributed by atoms with van der Waals surface area (Å²) in [6, 6.07) is 12.9. The Morgan fingerprint density at radius 1 is 1.21 bits per heavy atom. The van der Waals surface area contributed by atoms with Crippen LogP contribution in [0.25, 0.3) is 6.08 Å². The van der Waals surface area contributed by atoms with Crippen LogP contribution in [-0.2, 0) is 4.79 Å². The average Bonchev–Trinajstić information content (AvgIpc) is 2.57. The lowest BCUT2D eigenvalue weighted by molar-refractivity contribution is -0.115. The number of hydrogen-bond acceptors (Lipinski definition) is 3. The fraction of sp³-hybridized carbons (Fsp3) is 0.111. The van der Waals surface area contributed by atoms with Crippen LogP contribution in [0.1, 0.15) is 11.1 Å². The van der Waals surface area contributed by atoms with Crippen LogP contribution in [0.3, 0.4) is 0 Å². The molecule has 0 aliphatic rings. The van der Waals surface area contributed by atoms with E-state index in [0.717, 1.165) is 16.8 Å². The van der Waals surface area contributed by atoms with Gasteiger partial charge in [-0.3, -0.25) is 10.1 Å². The van der Waals surface area contributed by atoms with Crippen molar-refractivity contribution in [2.45, 2.75) is 6.92 Å². The number of benzene rings is 2. The number of hydrogen-bond donors (Lipinski definition) is 2. The summed E-state index contributed by atoms with van der Waals surface area (Å²) in [5.74, 6) is 0.356. The van der Waals surface area contributed by atoms with Crippen LogP contribution in [0, 0.1) is 6.92 Å². The van der Waals surface area contributed by atoms with Crippen LogP contribution in [0.4, 0.5) is 5.69 Å². The van der Waals surface area contributed by atoms with Gasteiger partial charge in [0.2, 0.25) is 5.91 Å². The van der Waals surface area contributed by atoms with Gasteiger partial charge >= 0.3 is 0 Å². The van der Waals surface area contributed by atoms with Crippen molar-refractivity contribution in [3.05, 3.63) is 64.7 Å². The van der Waals surface area contributed by atoms with Crippen LogP contribution >= 0.6 is 23.8 Å². The van der Waals surface area contributed by atoms with Crippen molar-refractivity contribution in [3.8, 4) is 5.75 Å². The molecule has 4 nitrogen and oxygen atoms in total. The minimum Gasteiger partial charge on any atom is -0.496 e. The quantitative estimate of drug-likeness (QED) is 0.634. The first-order chi connectivity index (χ1) is 11.5. The number of carbonyl (C=O) groups excluding carboxylic acids is 1. The number of amides is 1. The summed E-state index contributed by atoms with van der Waals surface area (Å²) >= 11 is 11.2. The van der Waals surface area contributed by atoms with Gasteiger partial charge in [0.15, 0.2) is 5.11 Å². The molecule has 0 aromatic heterocycles. The molecule has 0 saturated carbocycles. The van der Waals surface area contributed by atoms with Crippen LogP contribution in [-0.4, -0.2) is 18.1 Å². The molecule has 0 spiro atoms. The Bertz CT molecular complexity index is 790. The van der Waals surface area contributed by atoms with E-state index < -0.39 is 0 Å². The van der Waals surface area contributed by atoms with E-state index in [-0.39, 0.29) is 11.0 Å². The van der Waals surface area contributed by atoms with Gasteiger partial charge in [-0.05, 0) is 49.0 Å². The summed E-state index contributed by atoms with van der Waals surface area (Å²) < 4.78 is 5.23. The number of ether oxygens (including phenoxy) is 1. The number of thiocarbonyl (C=S) groups is 1. The molecule has 0 radical (unpaired) electrons. The zero-order valence-electron chi connectivity index (χ0n) is 13.3. The molecule has 2 aromatic carbocycles. The van der Waals surface area contributed by atoms with E-state index in [2.05, 4.69) is 10.6 Å². The lowest BCUT2D eigenvalue weighted by Gasteiger charge is -2.11. The highest BCUT2D eigenvalue weighted by Gasteiger charge is 2.06. The van der Waals surface area contributed by atoms with Crippen molar-refractivity contribution in [3.63, 3.8) is 0 Å². The van der Waals surface area contributed by atoms with E-state index in [9.17, 15) is 4.79 Å². The van der Waals surface area contributed by atoms with Gasteiger partial charge < -0.3 is 10.1 Å². The first kappa shape index (κ1) is 18.0. The first-order valence-electron chi connectivity index (χ1n) is 7.19. The number of halogens is 1. The minimum atomic E-state index is -0.335. The molecule has 24 heavy (non-hydrogen) atoms. The third-order valence-electron chi connectivity index (χ3n) is 3.31. The number of nitrogens with one attached hydrogen (secondary N) is 2. The Labute approximate surface area is 151 Å². The highest BCUT2D eigenvalue weighted by Crippen LogP contribution is 2.22. The summed E-state index contributed by atoms with van der Waals surface area (Å²) in [5.41, 5.74) is 2.42. The predicted octanol–water partition coefficient (Wildman–Crippen LogP) is 4.18. The third kappa shape index (κ3) is 4.81. The second kappa shape index (κ2) is 8.47. The number of rotatable bonds is 4. The smallest absolute Gasteiger partial charge is 0.250 e. The molecule has 124 valence electrons. The van der Waals surface area contributed by atoms with Crippen molar-refractivity contribution >= 4 is 46.6 Å². The second-order valence-corrected chi connectivity index (χ2v) is 5.75. The highest BCUT2D eigenvalue weighted by molar-refractivity contribution is 7.80. The van der Waals surface area contributed by atoms with Gasteiger partial charge in [-0.1, -0.05) is 35.9 Å². The number of carbonyl (C=O) groups is 1. The fourth-order valence-electron chi connectivity index (χ4n) is 2.02. The van der Waals surface area contributed by atoms with Crippen molar-refractivity contribution < 1.29 is 9.53 Å². The van der Waals surface area contributed by atoms with E-state index >= 15 is 0 Å². The van der Waals surface area contributed by atoms with Gasteiger partial charge in [-0.25, -0.2) is 0 Å². The normalized spacial score (nSPS) is 10.5. The standard InChI is InChI=1S/C18H17ClN2O2S/c1-12-14(19)7-5-8-15(12)20-18(24)21-17(22)11-10-13-6-3-4-9-16(13)23-2/h3-11H,1-2H3,(H2,20,21,22,24)/b11-10+. The van der Waals surface area contributed by atoms with Crippen LogP contribution in [0.5, 0.6) is 5.75 Å². The maximum absolute atomic E-state index is 12.0. The maximum Gasteiger partial charge on any atom is 0.250 e. The van der Waals surface area contributed by atoms with E-state index in [0.29, 0.717) is 10.8 Å². The molecular weight excluding hydrogens is 344 g/mol. The molecule has 6 heteroatoms. The van der Waals surface area contributed by atoms with Crippen LogP contribution in [0.15, 0.2) is 48.5 Å². The number of para-hydroxylation sites is 1. The lowest BCUT2D eigenvalue weighted by Crippen LogP contribution is -2.33. The SMILES string of the molecule is COc1ccccc1/C=C/C(=O)NC(=S)Nc1cccc(Cl)c1C. The fourth-order valence-corrected chi connectivity index (χ4v) is 2.40. The Balaban J connectivity index is 1.98. The molecule has 0 aliphatic carbocycles. The topological polar surface area (TPSA) is 50.4 Å². The lowest BCUT2D eigenvalue weighted by atomic mass is 10.2. The summed E-state index contributed by atoms with van der Waals surface area (Å²) in [4.78, 5) is 12.0. The molecule has 0 bridgehead atoms. The van der Waals surface area contributed by atoms with E-state index in [1.54, 1.807) is 19.3 Å². The highest BCUT2D eigenvalue weighted by atomic mass is 35.5. The van der Waals surface area contributed by atoms with Gasteiger partial charge in [0, 0.05) is 22.3 Å². The monoisotopic (exact) mass is 360 g/mol. The predicted molar refractivity (Wildman–Crippen MR) is 103 cm³/mol. The molecule has 0 heterocycles. The second-order valence-electron chi connectivity index (χ2n) is 4.93. The van der Waals surface area contributed by atoms with Crippen LogP contribution in [0.2, 0.25) is 5.02 Å². The zero-order valence-corrected chi connectivity index (χ0v) is 14.9. The largest absolute Gasteiger partial charge is 0.496 e. The van der Waals surface area contributed by atoms with E-state index in [1.807, 2.05) is 43.3 Å². The van der Waals surface area contributed by atoms with Gasteiger partial charge in [-0.15, -0.1) is 0 Å². The molecule has 0 aliphatic heterocycles. The summed E-state index contributed by atoms with van der Waals surface area (Å²) in [7, 11) is 1.58. The van der Waals surface area contributed by atoms with Crippen molar-refractivity contribution in [1.82, 2.24) is 5.32 Å². The van der Waals surface area contributed by atoms with Crippen molar-refractivity contribution in [2.75, 3.05) is 12.4 Å². The number of anilines is 1.